The molecule has 28 heavy (non-hydrogen) atoms. The van der Waals surface area contributed by atoms with Crippen LogP contribution in [0.15, 0.2) is 52.6 Å². The molecule has 1 amide bonds. The molecule has 3 aromatic heterocycles. The van der Waals surface area contributed by atoms with Gasteiger partial charge in [0, 0.05) is 13.0 Å². The molecule has 0 saturated carbocycles. The number of rotatable bonds is 6. The van der Waals surface area contributed by atoms with Crippen LogP contribution in [0, 0.1) is 6.92 Å². The fourth-order valence-corrected chi connectivity index (χ4v) is 4.31. The van der Waals surface area contributed by atoms with E-state index in [1.807, 2.05) is 66.1 Å². The van der Waals surface area contributed by atoms with Gasteiger partial charge < -0.3 is 5.32 Å². The smallest absolute Gasteiger partial charge is 0.291 e. The molecule has 3 heterocycles. The quantitative estimate of drug-likeness (QED) is 0.542. The minimum atomic E-state index is -0.118. The van der Waals surface area contributed by atoms with Gasteiger partial charge in [-0.05, 0) is 43.3 Å². The van der Waals surface area contributed by atoms with Crippen molar-refractivity contribution in [1.82, 2.24) is 19.5 Å². The number of carbonyl (C=O) groups is 1. The third-order valence-corrected chi connectivity index (χ3v) is 5.77. The molecule has 0 bridgehead atoms. The lowest BCUT2D eigenvalue weighted by Crippen LogP contribution is -2.29. The number of thiophene rings is 1. The maximum absolute atomic E-state index is 12.8. The fraction of sp³-hybridized carbons (Fsp3) is 0.286. The van der Waals surface area contributed by atoms with Crippen LogP contribution < -0.4 is 10.9 Å². The average molecular weight is 395 g/mol. The Kier molecular flexibility index (Phi) is 5.00. The van der Waals surface area contributed by atoms with Gasteiger partial charge in [-0.3, -0.25) is 14.0 Å². The van der Waals surface area contributed by atoms with E-state index in [1.54, 1.807) is 11.3 Å². The number of hydrogen-bond donors (Lipinski definition) is 1. The molecule has 0 fully saturated rings. The highest BCUT2D eigenvalue weighted by Crippen LogP contribution is 2.24. The van der Waals surface area contributed by atoms with Crippen LogP contribution in [-0.2, 0) is 11.3 Å². The largest absolute Gasteiger partial charge is 0.350 e. The second-order valence-corrected chi connectivity index (χ2v) is 7.86. The number of nitrogens with zero attached hydrogens (tertiary/aromatic N) is 3. The zero-order chi connectivity index (χ0) is 19.7. The molecular formula is C21H22N4O2S. The molecule has 4 rings (SSSR count). The molecule has 6 nitrogen and oxygen atoms in total. The van der Waals surface area contributed by atoms with Crippen molar-refractivity contribution in [3.63, 3.8) is 0 Å². The third-order valence-electron chi connectivity index (χ3n) is 4.92. The van der Waals surface area contributed by atoms with E-state index in [0.717, 1.165) is 21.6 Å². The van der Waals surface area contributed by atoms with Crippen molar-refractivity contribution in [2.45, 2.75) is 39.3 Å². The van der Waals surface area contributed by atoms with Crippen molar-refractivity contribution < 1.29 is 4.79 Å². The maximum Gasteiger partial charge on any atom is 0.291 e. The number of aromatic nitrogens is 3. The lowest BCUT2D eigenvalue weighted by molar-refractivity contribution is -0.121. The highest BCUT2D eigenvalue weighted by Gasteiger charge is 2.14. The van der Waals surface area contributed by atoms with Crippen molar-refractivity contribution in [3.8, 4) is 0 Å². The summed E-state index contributed by atoms with van der Waals surface area (Å²) in [6.45, 7) is 4.28. The van der Waals surface area contributed by atoms with Crippen LogP contribution in [0.5, 0.6) is 0 Å². The highest BCUT2D eigenvalue weighted by molar-refractivity contribution is 7.17. The number of amides is 1. The Balaban J connectivity index is 1.42. The topological polar surface area (TPSA) is 68.4 Å². The van der Waals surface area contributed by atoms with E-state index >= 15 is 0 Å². The predicted octanol–water partition coefficient (Wildman–Crippen LogP) is 3.68. The van der Waals surface area contributed by atoms with E-state index in [4.69, 9.17) is 0 Å². The van der Waals surface area contributed by atoms with E-state index in [0.29, 0.717) is 24.9 Å². The van der Waals surface area contributed by atoms with Gasteiger partial charge in [0.25, 0.3) is 5.56 Å². The number of benzene rings is 1. The standard InChI is InChI=1S/C21H22N4O2S/c1-14(16-7-4-3-5-8-16)22-20(26)9-6-11-24-21(27)18-13-19-17(10-12-28-19)25(18)15(2)23-24/h3-5,7-8,10,12-14H,6,9,11H2,1-2H3,(H,22,26)/t14-/m0/s1. The van der Waals surface area contributed by atoms with E-state index < -0.39 is 0 Å². The molecular weight excluding hydrogens is 372 g/mol. The summed E-state index contributed by atoms with van der Waals surface area (Å²) in [5.41, 5.74) is 2.61. The Morgan fingerprint density at radius 2 is 2.00 bits per heavy atom. The van der Waals surface area contributed by atoms with Crippen LogP contribution >= 0.6 is 11.3 Å². The SMILES string of the molecule is Cc1nn(CCCC(=O)N[C@@H](C)c2ccccc2)c(=O)c2cc3sccc3n12. The Morgan fingerprint density at radius 1 is 1.21 bits per heavy atom. The summed E-state index contributed by atoms with van der Waals surface area (Å²) in [6, 6.07) is 13.7. The van der Waals surface area contributed by atoms with Gasteiger partial charge in [-0.25, -0.2) is 4.68 Å². The van der Waals surface area contributed by atoms with Crippen molar-refractivity contribution in [2.24, 2.45) is 0 Å². The number of carbonyl (C=O) groups excluding carboxylic acids is 1. The van der Waals surface area contributed by atoms with Gasteiger partial charge in [0.1, 0.15) is 11.3 Å². The molecule has 0 aliphatic carbocycles. The zero-order valence-corrected chi connectivity index (χ0v) is 16.7. The molecule has 1 N–H and O–H groups in total. The molecule has 1 atom stereocenters. The van der Waals surface area contributed by atoms with E-state index in [1.165, 1.54) is 4.68 Å². The maximum atomic E-state index is 12.8. The van der Waals surface area contributed by atoms with Gasteiger partial charge in [-0.15, -0.1) is 11.3 Å². The first-order chi connectivity index (χ1) is 13.5. The molecule has 0 spiro atoms. The molecule has 4 aromatic rings. The molecule has 0 radical (unpaired) electrons. The molecule has 1 aromatic carbocycles. The lowest BCUT2D eigenvalue weighted by atomic mass is 10.1. The predicted molar refractivity (Wildman–Crippen MR) is 112 cm³/mol. The summed E-state index contributed by atoms with van der Waals surface area (Å²) < 4.78 is 4.45. The Bertz CT molecular complexity index is 1190. The van der Waals surface area contributed by atoms with Crippen LogP contribution in [0.4, 0.5) is 0 Å². The van der Waals surface area contributed by atoms with Gasteiger partial charge in [-0.2, -0.15) is 5.10 Å². The summed E-state index contributed by atoms with van der Waals surface area (Å²) in [5, 5.41) is 9.46. The Morgan fingerprint density at radius 3 is 2.79 bits per heavy atom. The summed E-state index contributed by atoms with van der Waals surface area (Å²) in [4.78, 5) is 25.0. The van der Waals surface area contributed by atoms with E-state index in [-0.39, 0.29) is 17.5 Å². The van der Waals surface area contributed by atoms with Crippen molar-refractivity contribution in [2.75, 3.05) is 0 Å². The lowest BCUT2D eigenvalue weighted by Gasteiger charge is -2.14. The van der Waals surface area contributed by atoms with Crippen LogP contribution in [0.2, 0.25) is 0 Å². The van der Waals surface area contributed by atoms with Crippen LogP contribution in [0.25, 0.3) is 15.7 Å². The molecule has 0 aliphatic heterocycles. The first kappa shape index (κ1) is 18.4. The monoisotopic (exact) mass is 394 g/mol. The zero-order valence-electron chi connectivity index (χ0n) is 15.9. The number of hydrogen-bond acceptors (Lipinski definition) is 4. The van der Waals surface area contributed by atoms with Gasteiger partial charge in [0.05, 0.1) is 16.3 Å². The molecule has 7 heteroatoms. The summed E-state index contributed by atoms with van der Waals surface area (Å²) >= 11 is 1.61. The first-order valence-electron chi connectivity index (χ1n) is 9.35. The molecule has 0 saturated heterocycles. The van der Waals surface area contributed by atoms with Gasteiger partial charge in [-0.1, -0.05) is 30.3 Å². The van der Waals surface area contributed by atoms with Crippen molar-refractivity contribution in [1.29, 1.82) is 0 Å². The molecule has 0 unspecified atom stereocenters. The number of fused-ring (bicyclic) bond motifs is 3. The van der Waals surface area contributed by atoms with Gasteiger partial charge in [0.2, 0.25) is 5.91 Å². The second kappa shape index (κ2) is 7.59. The van der Waals surface area contributed by atoms with E-state index in [9.17, 15) is 9.59 Å². The van der Waals surface area contributed by atoms with Crippen LogP contribution in [0.1, 0.15) is 37.2 Å². The van der Waals surface area contributed by atoms with Crippen LogP contribution in [-0.4, -0.2) is 20.1 Å². The van der Waals surface area contributed by atoms with Crippen LogP contribution in [0.3, 0.4) is 0 Å². The first-order valence-corrected chi connectivity index (χ1v) is 10.2. The average Bonchev–Trinajstić information content (AvgIpc) is 3.27. The minimum Gasteiger partial charge on any atom is -0.350 e. The van der Waals surface area contributed by atoms with Crippen molar-refractivity contribution in [3.05, 3.63) is 69.6 Å². The summed E-state index contributed by atoms with van der Waals surface area (Å²) in [5.74, 6) is 0.746. The normalized spacial score (nSPS) is 12.5. The Labute approximate surface area is 166 Å². The van der Waals surface area contributed by atoms with E-state index in [2.05, 4.69) is 10.4 Å². The third kappa shape index (κ3) is 3.45. The summed E-state index contributed by atoms with van der Waals surface area (Å²) in [6.07, 6.45) is 0.913. The van der Waals surface area contributed by atoms with Gasteiger partial charge in [0.15, 0.2) is 0 Å². The fourth-order valence-electron chi connectivity index (χ4n) is 3.51. The molecule has 144 valence electrons. The minimum absolute atomic E-state index is 0.0228. The molecule has 0 aliphatic rings. The highest BCUT2D eigenvalue weighted by atomic mass is 32.1. The van der Waals surface area contributed by atoms with Crippen molar-refractivity contribution >= 4 is 33.0 Å². The van der Waals surface area contributed by atoms with Gasteiger partial charge >= 0.3 is 0 Å². The second-order valence-electron chi connectivity index (χ2n) is 6.91. The number of nitrogens with one attached hydrogen (secondary N) is 1. The Hall–Kier alpha value is -2.93. The number of aryl methyl sites for hydroxylation is 2. The summed E-state index contributed by atoms with van der Waals surface area (Å²) in [7, 11) is 0.